The molecule has 0 aromatic carbocycles. The van der Waals surface area contributed by atoms with Crippen LogP contribution in [-0.4, -0.2) is 40.4 Å². The van der Waals surface area contributed by atoms with E-state index >= 15 is 0 Å². The molecule has 0 spiro atoms. The first-order valence-electron chi connectivity index (χ1n) is 2.35. The SMILES string of the molecule is CCNCO[CH2][Sn+3]. The van der Waals surface area contributed by atoms with Gasteiger partial charge in [0.05, 0.1) is 0 Å². The average molecular weight is 207 g/mol. The van der Waals surface area contributed by atoms with Gasteiger partial charge in [-0.15, -0.1) is 0 Å². The molecule has 0 heterocycles. The fourth-order valence-corrected chi connectivity index (χ4v) is 0.517. The van der Waals surface area contributed by atoms with E-state index in [0.29, 0.717) is 6.73 Å². The molecule has 0 aliphatic carbocycles. The maximum atomic E-state index is 5.00. The van der Waals surface area contributed by atoms with Gasteiger partial charge in [-0.2, -0.15) is 0 Å². The molecule has 3 heteroatoms. The molecule has 0 saturated carbocycles. The second kappa shape index (κ2) is 6.72. The Kier molecular flexibility index (Phi) is 7.41. The van der Waals surface area contributed by atoms with Crippen LogP contribution in [0.25, 0.3) is 0 Å². The summed E-state index contributed by atoms with van der Waals surface area (Å²) in [6, 6.07) is 0. The molecular formula is C4H10NOSn+3. The first-order valence-corrected chi connectivity index (χ1v) is 4.36. The molecule has 38 valence electrons. The Morgan fingerprint density at radius 3 is 2.86 bits per heavy atom. The topological polar surface area (TPSA) is 21.3 Å². The van der Waals surface area contributed by atoms with Crippen molar-refractivity contribution in [1.82, 2.24) is 5.32 Å². The molecule has 1 N–H and O–H groups in total. The molecular weight excluding hydrogens is 197 g/mol. The van der Waals surface area contributed by atoms with Gasteiger partial charge in [-0.25, -0.2) is 0 Å². The molecule has 0 amide bonds. The van der Waals surface area contributed by atoms with E-state index in [1.165, 1.54) is 22.5 Å². The third kappa shape index (κ3) is 6.72. The summed E-state index contributed by atoms with van der Waals surface area (Å²) >= 11 is 1.44. The summed E-state index contributed by atoms with van der Waals surface area (Å²) in [5.41, 5.74) is 0. The number of hydrogen-bond acceptors (Lipinski definition) is 2. The fraction of sp³-hybridized carbons (Fsp3) is 1.00. The van der Waals surface area contributed by atoms with Gasteiger partial charge in [0.1, 0.15) is 0 Å². The van der Waals surface area contributed by atoms with Crippen molar-refractivity contribution < 1.29 is 4.74 Å². The molecule has 0 aliphatic heterocycles. The van der Waals surface area contributed by atoms with Crippen LogP contribution in [0, 0.1) is 0 Å². The summed E-state index contributed by atoms with van der Waals surface area (Å²) in [5, 5.41) is 3.04. The summed E-state index contributed by atoms with van der Waals surface area (Å²) in [5.74, 6) is 0. The summed E-state index contributed by atoms with van der Waals surface area (Å²) < 4.78 is 5.89. The van der Waals surface area contributed by atoms with Crippen molar-refractivity contribution in [2.45, 2.75) is 6.92 Å². The molecule has 0 unspecified atom stereocenters. The molecule has 0 aromatic heterocycles. The number of hydrogen-bond donors (Lipinski definition) is 1. The van der Waals surface area contributed by atoms with E-state index in [0.717, 1.165) is 11.2 Å². The van der Waals surface area contributed by atoms with E-state index in [4.69, 9.17) is 4.74 Å². The third-order valence-electron chi connectivity index (χ3n) is 0.556. The van der Waals surface area contributed by atoms with Crippen molar-refractivity contribution >= 4 is 22.5 Å². The van der Waals surface area contributed by atoms with Gasteiger partial charge in [0.25, 0.3) is 0 Å². The van der Waals surface area contributed by atoms with Gasteiger partial charge in [0.2, 0.25) is 0 Å². The summed E-state index contributed by atoms with van der Waals surface area (Å²) in [4.78, 5) is 0. The van der Waals surface area contributed by atoms with E-state index in [9.17, 15) is 0 Å². The van der Waals surface area contributed by atoms with Crippen molar-refractivity contribution in [2.75, 3.05) is 17.9 Å². The van der Waals surface area contributed by atoms with Crippen LogP contribution in [-0.2, 0) is 4.74 Å². The minimum atomic E-state index is 0.710. The second-order valence-corrected chi connectivity index (χ2v) is 1.92. The normalized spacial score (nSPS) is 9.57. The van der Waals surface area contributed by atoms with E-state index in [1.54, 1.807) is 0 Å². The Balaban J connectivity index is 2.45. The van der Waals surface area contributed by atoms with Crippen molar-refractivity contribution in [2.24, 2.45) is 0 Å². The molecule has 0 aliphatic rings. The third-order valence-corrected chi connectivity index (χ3v) is 1.14. The Hall–Kier alpha value is 0.719. The zero-order valence-corrected chi connectivity index (χ0v) is 7.38. The predicted molar refractivity (Wildman–Crippen MR) is 30.2 cm³/mol. The molecule has 0 rings (SSSR count). The summed E-state index contributed by atoms with van der Waals surface area (Å²) in [6.45, 7) is 3.77. The number of ether oxygens (including phenoxy) is 1. The molecule has 0 fully saturated rings. The van der Waals surface area contributed by atoms with Gasteiger partial charge in [-0.1, -0.05) is 0 Å². The van der Waals surface area contributed by atoms with Crippen LogP contribution in [0.4, 0.5) is 0 Å². The van der Waals surface area contributed by atoms with Gasteiger partial charge in [-0.05, 0) is 0 Å². The van der Waals surface area contributed by atoms with Gasteiger partial charge in [-0.3, -0.25) is 0 Å². The van der Waals surface area contributed by atoms with Crippen LogP contribution in [0.1, 0.15) is 6.92 Å². The van der Waals surface area contributed by atoms with Crippen LogP contribution < -0.4 is 5.32 Å². The first kappa shape index (κ1) is 7.72. The quantitative estimate of drug-likeness (QED) is 0.388. The first-order chi connectivity index (χ1) is 3.41. The van der Waals surface area contributed by atoms with Gasteiger partial charge >= 0.3 is 57.4 Å². The van der Waals surface area contributed by atoms with Crippen molar-refractivity contribution in [3.63, 3.8) is 0 Å². The number of rotatable bonds is 4. The molecule has 0 atom stereocenters. The molecule has 0 bridgehead atoms. The Morgan fingerprint density at radius 1 is 1.71 bits per heavy atom. The monoisotopic (exact) mass is 208 g/mol. The van der Waals surface area contributed by atoms with Crippen LogP contribution in [0.2, 0.25) is 0 Å². The van der Waals surface area contributed by atoms with E-state index in [-0.39, 0.29) is 0 Å². The van der Waals surface area contributed by atoms with Gasteiger partial charge < -0.3 is 0 Å². The van der Waals surface area contributed by atoms with Crippen LogP contribution in [0.5, 0.6) is 0 Å². The van der Waals surface area contributed by atoms with E-state index < -0.39 is 0 Å². The molecule has 7 heavy (non-hydrogen) atoms. The van der Waals surface area contributed by atoms with E-state index in [1.807, 2.05) is 0 Å². The minimum absolute atomic E-state index is 0.710. The molecule has 0 aromatic rings. The molecule has 0 radical (unpaired) electrons. The van der Waals surface area contributed by atoms with Crippen molar-refractivity contribution in [1.29, 1.82) is 0 Å². The Labute approximate surface area is 57.7 Å². The van der Waals surface area contributed by atoms with Crippen molar-refractivity contribution in [3.05, 3.63) is 0 Å². The van der Waals surface area contributed by atoms with Gasteiger partial charge in [0.15, 0.2) is 0 Å². The Bertz CT molecular complexity index is 30.9. The van der Waals surface area contributed by atoms with Gasteiger partial charge in [0, 0.05) is 0 Å². The average Bonchev–Trinajstić information content (AvgIpc) is 1.69. The van der Waals surface area contributed by atoms with Crippen LogP contribution in [0.15, 0.2) is 0 Å². The predicted octanol–water partition coefficient (Wildman–Crippen LogP) is -0.304. The number of nitrogens with one attached hydrogen (secondary N) is 1. The maximum absolute atomic E-state index is 5.00. The second-order valence-electron chi connectivity index (χ2n) is 1.10. The van der Waals surface area contributed by atoms with E-state index in [2.05, 4.69) is 12.2 Å². The Morgan fingerprint density at radius 2 is 2.43 bits per heavy atom. The zero-order valence-electron chi connectivity index (χ0n) is 4.53. The zero-order chi connectivity index (χ0) is 5.54. The summed E-state index contributed by atoms with van der Waals surface area (Å²) in [6.07, 6.45) is 0. The van der Waals surface area contributed by atoms with Crippen molar-refractivity contribution in [3.8, 4) is 0 Å². The van der Waals surface area contributed by atoms with Crippen LogP contribution >= 0.6 is 0 Å². The fourth-order valence-electron chi connectivity index (χ4n) is 0.225. The molecule has 0 saturated heterocycles. The standard InChI is InChI=1S/C4H10NO.Sn/c1-3-5-4-6-2;/h5H,2-4H2,1H3;/q;+3. The summed E-state index contributed by atoms with van der Waals surface area (Å²) in [7, 11) is 0. The molecule has 2 nitrogen and oxygen atoms in total. The van der Waals surface area contributed by atoms with Crippen LogP contribution in [0.3, 0.4) is 0 Å².